The van der Waals surface area contributed by atoms with Crippen molar-refractivity contribution in [2.45, 2.75) is 39.5 Å². The van der Waals surface area contributed by atoms with Crippen LogP contribution < -0.4 is 5.32 Å². The van der Waals surface area contributed by atoms with E-state index in [2.05, 4.69) is 12.2 Å². The predicted octanol–water partition coefficient (Wildman–Crippen LogP) is 1.93. The van der Waals surface area contributed by atoms with Crippen LogP contribution in [-0.4, -0.2) is 41.6 Å². The second kappa shape index (κ2) is 7.24. The van der Waals surface area contributed by atoms with E-state index >= 15 is 0 Å². The van der Waals surface area contributed by atoms with Gasteiger partial charge in [0.1, 0.15) is 0 Å². The summed E-state index contributed by atoms with van der Waals surface area (Å²) in [6, 6.07) is -0.121. The van der Waals surface area contributed by atoms with Crippen molar-refractivity contribution in [1.82, 2.24) is 10.2 Å². The van der Waals surface area contributed by atoms with E-state index in [0.717, 1.165) is 32.4 Å². The lowest BCUT2D eigenvalue weighted by Gasteiger charge is -2.31. The van der Waals surface area contributed by atoms with Crippen molar-refractivity contribution in [2.24, 2.45) is 11.8 Å². The summed E-state index contributed by atoms with van der Waals surface area (Å²) in [5.41, 5.74) is 0. The van der Waals surface area contributed by atoms with Crippen LogP contribution in [-0.2, 0) is 4.79 Å². The lowest BCUT2D eigenvalue weighted by atomic mass is 10.0. The molecule has 0 spiro atoms. The quantitative estimate of drug-likeness (QED) is 0.789. The fourth-order valence-corrected chi connectivity index (χ4v) is 2.36. The molecule has 5 heteroatoms. The number of carbonyl (C=O) groups is 2. The zero-order valence-electron chi connectivity index (χ0n) is 11.3. The van der Waals surface area contributed by atoms with Gasteiger partial charge in [0.25, 0.3) is 0 Å². The minimum Gasteiger partial charge on any atom is -0.481 e. The lowest BCUT2D eigenvalue weighted by molar-refractivity contribution is -0.141. The maximum Gasteiger partial charge on any atom is 0.317 e. The van der Waals surface area contributed by atoms with E-state index in [-0.39, 0.29) is 12.6 Å². The maximum atomic E-state index is 11.9. The molecule has 1 saturated heterocycles. The number of carboxylic acid groups (broad SMARTS) is 1. The van der Waals surface area contributed by atoms with Crippen molar-refractivity contribution in [2.75, 3.05) is 19.6 Å². The molecule has 0 saturated carbocycles. The van der Waals surface area contributed by atoms with Gasteiger partial charge in [-0.15, -0.1) is 0 Å². The van der Waals surface area contributed by atoms with Gasteiger partial charge in [0.15, 0.2) is 0 Å². The summed E-state index contributed by atoms with van der Waals surface area (Å²) in [6.07, 6.45) is 3.61. The van der Waals surface area contributed by atoms with E-state index in [1.54, 1.807) is 4.90 Å². The van der Waals surface area contributed by atoms with E-state index in [1.807, 2.05) is 6.92 Å². The Labute approximate surface area is 109 Å². The van der Waals surface area contributed by atoms with Gasteiger partial charge in [0.2, 0.25) is 0 Å². The zero-order valence-corrected chi connectivity index (χ0v) is 11.3. The average molecular weight is 256 g/mol. The molecule has 104 valence electrons. The zero-order chi connectivity index (χ0) is 13.5. The highest BCUT2D eigenvalue weighted by Crippen LogP contribution is 2.15. The molecule has 0 bridgehead atoms. The van der Waals surface area contributed by atoms with Crippen LogP contribution in [0.15, 0.2) is 0 Å². The second-order valence-electron chi connectivity index (χ2n) is 5.20. The molecular formula is C13H24N2O3. The van der Waals surface area contributed by atoms with Crippen molar-refractivity contribution >= 4 is 12.0 Å². The number of aliphatic carboxylic acids is 1. The molecule has 0 radical (unpaired) electrons. The van der Waals surface area contributed by atoms with Crippen LogP contribution in [0.5, 0.6) is 0 Å². The molecule has 1 aliphatic rings. The molecule has 2 amide bonds. The number of likely N-dealkylation sites (tertiary alicyclic amines) is 1. The third-order valence-corrected chi connectivity index (χ3v) is 3.43. The van der Waals surface area contributed by atoms with Gasteiger partial charge in [-0.3, -0.25) is 4.79 Å². The topological polar surface area (TPSA) is 69.6 Å². The average Bonchev–Trinajstić information content (AvgIpc) is 2.33. The Hall–Kier alpha value is -1.26. The van der Waals surface area contributed by atoms with Crippen LogP contribution in [0.2, 0.25) is 0 Å². The SMILES string of the molecule is CCCC(CNC(=O)N1CCCC(C)C1)C(=O)O. The Morgan fingerprint density at radius 2 is 2.22 bits per heavy atom. The molecule has 0 aromatic carbocycles. The monoisotopic (exact) mass is 256 g/mol. The molecule has 18 heavy (non-hydrogen) atoms. The van der Waals surface area contributed by atoms with Gasteiger partial charge in [-0.05, 0) is 25.2 Å². The molecule has 0 aliphatic carbocycles. The predicted molar refractivity (Wildman–Crippen MR) is 69.4 cm³/mol. The summed E-state index contributed by atoms with van der Waals surface area (Å²) in [6.45, 7) is 5.87. The number of urea groups is 1. The number of amides is 2. The molecule has 1 fully saturated rings. The van der Waals surface area contributed by atoms with Gasteiger partial charge in [-0.25, -0.2) is 4.79 Å². The number of piperidine rings is 1. The number of hydrogen-bond donors (Lipinski definition) is 2. The molecule has 1 heterocycles. The highest BCUT2D eigenvalue weighted by molar-refractivity contribution is 5.76. The number of nitrogens with zero attached hydrogens (tertiary/aromatic N) is 1. The number of rotatable bonds is 5. The molecule has 2 atom stereocenters. The van der Waals surface area contributed by atoms with Crippen molar-refractivity contribution in [3.05, 3.63) is 0 Å². The highest BCUT2D eigenvalue weighted by Gasteiger charge is 2.22. The first-order chi connectivity index (χ1) is 8.54. The Kier molecular flexibility index (Phi) is 5.95. The van der Waals surface area contributed by atoms with Crippen LogP contribution in [0.1, 0.15) is 39.5 Å². The van der Waals surface area contributed by atoms with E-state index in [4.69, 9.17) is 5.11 Å². The third kappa shape index (κ3) is 4.55. The van der Waals surface area contributed by atoms with Gasteiger partial charge in [0, 0.05) is 19.6 Å². The molecule has 0 aromatic rings. The molecular weight excluding hydrogens is 232 g/mol. The van der Waals surface area contributed by atoms with Crippen LogP contribution in [0.3, 0.4) is 0 Å². The molecule has 2 N–H and O–H groups in total. The van der Waals surface area contributed by atoms with E-state index in [9.17, 15) is 9.59 Å². The summed E-state index contributed by atoms with van der Waals surface area (Å²) in [5.74, 6) is -0.763. The van der Waals surface area contributed by atoms with Gasteiger partial charge >= 0.3 is 12.0 Å². The molecule has 2 unspecified atom stereocenters. The number of hydrogen-bond acceptors (Lipinski definition) is 2. The van der Waals surface area contributed by atoms with Crippen molar-refractivity contribution in [3.8, 4) is 0 Å². The van der Waals surface area contributed by atoms with Crippen molar-refractivity contribution in [3.63, 3.8) is 0 Å². The van der Waals surface area contributed by atoms with Gasteiger partial charge in [-0.2, -0.15) is 0 Å². The lowest BCUT2D eigenvalue weighted by Crippen LogP contribution is -2.46. The smallest absolute Gasteiger partial charge is 0.317 e. The highest BCUT2D eigenvalue weighted by atomic mass is 16.4. The van der Waals surface area contributed by atoms with Crippen LogP contribution in [0.25, 0.3) is 0 Å². The summed E-state index contributed by atoms with van der Waals surface area (Å²) in [5, 5.41) is 11.8. The van der Waals surface area contributed by atoms with Crippen LogP contribution in [0, 0.1) is 11.8 Å². The largest absolute Gasteiger partial charge is 0.481 e. The van der Waals surface area contributed by atoms with Crippen molar-refractivity contribution in [1.29, 1.82) is 0 Å². The minimum atomic E-state index is -0.829. The number of carbonyl (C=O) groups excluding carboxylic acids is 1. The standard InChI is InChI=1S/C13H24N2O3/c1-3-5-11(12(16)17)8-14-13(18)15-7-4-6-10(2)9-15/h10-11H,3-9H2,1-2H3,(H,14,18)(H,16,17). The summed E-state index contributed by atoms with van der Waals surface area (Å²) < 4.78 is 0. The summed E-state index contributed by atoms with van der Waals surface area (Å²) in [7, 11) is 0. The van der Waals surface area contributed by atoms with Gasteiger partial charge in [-0.1, -0.05) is 20.3 Å². The fourth-order valence-electron chi connectivity index (χ4n) is 2.36. The Balaban J connectivity index is 2.36. The molecule has 1 rings (SSSR count). The summed E-state index contributed by atoms with van der Waals surface area (Å²) in [4.78, 5) is 24.7. The summed E-state index contributed by atoms with van der Waals surface area (Å²) >= 11 is 0. The Morgan fingerprint density at radius 3 is 2.78 bits per heavy atom. The van der Waals surface area contributed by atoms with Crippen molar-refractivity contribution < 1.29 is 14.7 Å². The first-order valence-electron chi connectivity index (χ1n) is 6.80. The Morgan fingerprint density at radius 1 is 1.50 bits per heavy atom. The first kappa shape index (κ1) is 14.8. The number of carboxylic acids is 1. The Bertz CT molecular complexity index is 294. The molecule has 1 aliphatic heterocycles. The van der Waals surface area contributed by atoms with E-state index in [1.165, 1.54) is 0 Å². The third-order valence-electron chi connectivity index (χ3n) is 3.43. The fraction of sp³-hybridized carbons (Fsp3) is 0.846. The number of nitrogens with one attached hydrogen (secondary N) is 1. The molecule has 5 nitrogen and oxygen atoms in total. The van der Waals surface area contributed by atoms with Crippen LogP contribution >= 0.6 is 0 Å². The van der Waals surface area contributed by atoms with E-state index < -0.39 is 11.9 Å². The normalized spacial score (nSPS) is 21.4. The van der Waals surface area contributed by atoms with Gasteiger partial charge < -0.3 is 15.3 Å². The molecule has 0 aromatic heterocycles. The first-order valence-corrected chi connectivity index (χ1v) is 6.80. The van der Waals surface area contributed by atoms with E-state index in [0.29, 0.717) is 12.3 Å². The second-order valence-corrected chi connectivity index (χ2v) is 5.20. The van der Waals surface area contributed by atoms with Crippen LogP contribution in [0.4, 0.5) is 4.79 Å². The maximum absolute atomic E-state index is 11.9. The minimum absolute atomic E-state index is 0.121. The van der Waals surface area contributed by atoms with Gasteiger partial charge in [0.05, 0.1) is 5.92 Å².